The Kier molecular flexibility index (Phi) is 4.77. The SMILES string of the molecule is Cc1cccc(SCc2nc(=S)cc(C(C)C)[nH]2)c1. The largest absolute Gasteiger partial charge is 0.346 e. The van der Waals surface area contributed by atoms with Crippen LogP contribution in [0.3, 0.4) is 0 Å². The number of aryl methyl sites for hydroxylation is 1. The minimum Gasteiger partial charge on any atom is -0.346 e. The Morgan fingerprint density at radius 2 is 2.11 bits per heavy atom. The predicted molar refractivity (Wildman–Crippen MR) is 84.3 cm³/mol. The molecule has 0 saturated heterocycles. The van der Waals surface area contributed by atoms with Crippen LogP contribution >= 0.6 is 24.0 Å². The molecule has 1 heterocycles. The minimum atomic E-state index is 0.437. The quantitative estimate of drug-likeness (QED) is 0.643. The van der Waals surface area contributed by atoms with Crippen LogP contribution in [0.2, 0.25) is 0 Å². The lowest BCUT2D eigenvalue weighted by molar-refractivity contribution is 0.797. The second-order valence-electron chi connectivity index (χ2n) is 4.88. The number of aromatic nitrogens is 2. The van der Waals surface area contributed by atoms with Crippen molar-refractivity contribution in [2.45, 2.75) is 37.3 Å². The summed E-state index contributed by atoms with van der Waals surface area (Å²) < 4.78 is 0.669. The summed E-state index contributed by atoms with van der Waals surface area (Å²) in [6.07, 6.45) is 0. The Bertz CT molecular complexity index is 618. The van der Waals surface area contributed by atoms with E-state index in [9.17, 15) is 0 Å². The van der Waals surface area contributed by atoms with Gasteiger partial charge < -0.3 is 4.98 Å². The van der Waals surface area contributed by atoms with E-state index in [1.807, 2.05) is 6.07 Å². The van der Waals surface area contributed by atoms with Crippen LogP contribution in [-0.2, 0) is 5.75 Å². The molecule has 0 atom stereocenters. The standard InChI is InChI=1S/C15H18N2S2/c1-10(2)13-8-15(18)17-14(16-13)9-19-12-6-4-5-11(3)7-12/h4-8,10H,9H2,1-3H3,(H,16,17,18). The molecule has 0 radical (unpaired) electrons. The van der Waals surface area contributed by atoms with Crippen molar-refractivity contribution in [2.24, 2.45) is 0 Å². The van der Waals surface area contributed by atoms with Crippen LogP contribution in [-0.4, -0.2) is 9.97 Å². The van der Waals surface area contributed by atoms with Gasteiger partial charge in [0.15, 0.2) is 0 Å². The molecule has 19 heavy (non-hydrogen) atoms. The normalized spacial score (nSPS) is 10.9. The van der Waals surface area contributed by atoms with Gasteiger partial charge in [-0.25, -0.2) is 4.98 Å². The topological polar surface area (TPSA) is 28.7 Å². The molecule has 2 rings (SSSR count). The first-order valence-corrected chi connectivity index (χ1v) is 7.73. The average Bonchev–Trinajstić information content (AvgIpc) is 2.36. The number of hydrogen-bond acceptors (Lipinski definition) is 3. The summed E-state index contributed by atoms with van der Waals surface area (Å²) in [6.45, 7) is 6.41. The van der Waals surface area contributed by atoms with E-state index in [-0.39, 0.29) is 0 Å². The van der Waals surface area contributed by atoms with Crippen LogP contribution in [0.4, 0.5) is 0 Å². The van der Waals surface area contributed by atoms with Gasteiger partial charge in [0.25, 0.3) is 0 Å². The van der Waals surface area contributed by atoms with Crippen LogP contribution in [0.25, 0.3) is 0 Å². The van der Waals surface area contributed by atoms with Crippen molar-refractivity contribution < 1.29 is 0 Å². The van der Waals surface area contributed by atoms with E-state index in [2.05, 4.69) is 55.0 Å². The summed E-state index contributed by atoms with van der Waals surface area (Å²) in [5, 5.41) is 0. The van der Waals surface area contributed by atoms with Crippen LogP contribution in [0.5, 0.6) is 0 Å². The second-order valence-corrected chi connectivity index (χ2v) is 6.35. The van der Waals surface area contributed by atoms with Crippen molar-refractivity contribution >= 4 is 24.0 Å². The third-order valence-electron chi connectivity index (χ3n) is 2.80. The van der Waals surface area contributed by atoms with Gasteiger partial charge in [0.1, 0.15) is 10.5 Å². The Balaban J connectivity index is 2.13. The molecule has 0 aliphatic heterocycles. The molecule has 0 saturated carbocycles. The molecule has 0 aliphatic carbocycles. The molecule has 1 aromatic heterocycles. The summed E-state index contributed by atoms with van der Waals surface area (Å²) in [6, 6.07) is 10.4. The van der Waals surface area contributed by atoms with Crippen molar-refractivity contribution in [3.05, 3.63) is 52.1 Å². The van der Waals surface area contributed by atoms with Crippen molar-refractivity contribution in [3.8, 4) is 0 Å². The molecule has 2 aromatic rings. The molecular formula is C15H18N2S2. The molecule has 1 N–H and O–H groups in total. The van der Waals surface area contributed by atoms with Crippen molar-refractivity contribution in [1.82, 2.24) is 9.97 Å². The van der Waals surface area contributed by atoms with E-state index >= 15 is 0 Å². The monoisotopic (exact) mass is 290 g/mol. The number of nitrogens with one attached hydrogen (secondary N) is 1. The number of hydrogen-bond donors (Lipinski definition) is 1. The fourth-order valence-corrected chi connectivity index (χ4v) is 2.89. The van der Waals surface area contributed by atoms with Gasteiger partial charge in [-0.05, 0) is 31.0 Å². The number of aromatic amines is 1. The fraction of sp³-hybridized carbons (Fsp3) is 0.333. The Morgan fingerprint density at radius 1 is 1.32 bits per heavy atom. The maximum atomic E-state index is 5.22. The molecule has 1 aromatic carbocycles. The van der Waals surface area contributed by atoms with E-state index in [0.717, 1.165) is 17.3 Å². The lowest BCUT2D eigenvalue weighted by Gasteiger charge is -2.08. The number of rotatable bonds is 4. The minimum absolute atomic E-state index is 0.437. The maximum Gasteiger partial charge on any atom is 0.130 e. The lowest BCUT2D eigenvalue weighted by atomic mass is 10.1. The molecule has 2 nitrogen and oxygen atoms in total. The van der Waals surface area contributed by atoms with E-state index in [1.54, 1.807) is 11.8 Å². The number of thioether (sulfide) groups is 1. The Hall–Kier alpha value is -1.13. The number of nitrogens with zero attached hydrogens (tertiary/aromatic N) is 1. The van der Waals surface area contributed by atoms with Gasteiger partial charge in [-0.15, -0.1) is 11.8 Å². The third kappa shape index (κ3) is 4.18. The highest BCUT2D eigenvalue weighted by molar-refractivity contribution is 7.98. The molecule has 0 amide bonds. The van der Waals surface area contributed by atoms with Crippen molar-refractivity contribution in [3.63, 3.8) is 0 Å². The van der Waals surface area contributed by atoms with E-state index in [0.29, 0.717) is 10.6 Å². The van der Waals surface area contributed by atoms with Crippen LogP contribution in [0.1, 0.15) is 36.8 Å². The molecular weight excluding hydrogens is 272 g/mol. The van der Waals surface area contributed by atoms with E-state index in [4.69, 9.17) is 12.2 Å². The van der Waals surface area contributed by atoms with Crippen LogP contribution in [0.15, 0.2) is 35.2 Å². The average molecular weight is 290 g/mol. The number of benzene rings is 1. The summed E-state index contributed by atoms with van der Waals surface area (Å²) >= 11 is 6.99. The van der Waals surface area contributed by atoms with Crippen molar-refractivity contribution in [2.75, 3.05) is 0 Å². The first kappa shape index (κ1) is 14.3. The van der Waals surface area contributed by atoms with Crippen molar-refractivity contribution in [1.29, 1.82) is 0 Å². The van der Waals surface area contributed by atoms with Gasteiger partial charge in [0.05, 0.1) is 5.75 Å². The summed E-state index contributed by atoms with van der Waals surface area (Å²) in [5.74, 6) is 2.20. The van der Waals surface area contributed by atoms with Gasteiger partial charge in [-0.3, -0.25) is 0 Å². The Morgan fingerprint density at radius 3 is 2.79 bits per heavy atom. The van der Waals surface area contributed by atoms with E-state index < -0.39 is 0 Å². The Labute approximate surface area is 123 Å². The molecule has 0 fully saturated rings. The third-order valence-corrected chi connectivity index (χ3v) is 4.01. The van der Waals surface area contributed by atoms with Gasteiger partial charge in [-0.1, -0.05) is 43.8 Å². The fourth-order valence-electron chi connectivity index (χ4n) is 1.77. The highest BCUT2D eigenvalue weighted by Crippen LogP contribution is 2.22. The predicted octanol–water partition coefficient (Wildman–Crippen LogP) is 4.86. The highest BCUT2D eigenvalue weighted by atomic mass is 32.2. The molecule has 100 valence electrons. The van der Waals surface area contributed by atoms with Crippen LogP contribution < -0.4 is 0 Å². The van der Waals surface area contributed by atoms with Gasteiger partial charge in [0, 0.05) is 10.6 Å². The molecule has 0 bridgehead atoms. The van der Waals surface area contributed by atoms with Gasteiger partial charge >= 0.3 is 0 Å². The molecule has 0 aliphatic rings. The van der Waals surface area contributed by atoms with Gasteiger partial charge in [0.2, 0.25) is 0 Å². The zero-order chi connectivity index (χ0) is 13.8. The second kappa shape index (κ2) is 6.35. The summed E-state index contributed by atoms with van der Waals surface area (Å²) in [7, 11) is 0. The summed E-state index contributed by atoms with van der Waals surface area (Å²) in [5.41, 5.74) is 2.43. The maximum absolute atomic E-state index is 5.22. The van der Waals surface area contributed by atoms with Crippen LogP contribution in [0, 0.1) is 11.6 Å². The smallest absolute Gasteiger partial charge is 0.130 e. The molecule has 0 spiro atoms. The number of H-pyrrole nitrogens is 1. The molecule has 4 heteroatoms. The van der Waals surface area contributed by atoms with E-state index in [1.165, 1.54) is 10.5 Å². The summed E-state index contributed by atoms with van der Waals surface area (Å²) in [4.78, 5) is 9.02. The zero-order valence-corrected chi connectivity index (χ0v) is 13.1. The molecule has 0 unspecified atom stereocenters. The van der Waals surface area contributed by atoms with Gasteiger partial charge in [-0.2, -0.15) is 0 Å². The first-order valence-electron chi connectivity index (χ1n) is 6.34. The lowest BCUT2D eigenvalue weighted by Crippen LogP contribution is -2.00. The first-order chi connectivity index (χ1) is 9.04. The highest BCUT2D eigenvalue weighted by Gasteiger charge is 2.04. The zero-order valence-electron chi connectivity index (χ0n) is 11.4.